The van der Waals surface area contributed by atoms with Gasteiger partial charge in [0.1, 0.15) is 5.58 Å². The highest BCUT2D eigenvalue weighted by molar-refractivity contribution is 5.95. The van der Waals surface area contributed by atoms with Crippen LogP contribution in [0.2, 0.25) is 0 Å². The van der Waals surface area contributed by atoms with Gasteiger partial charge in [0.25, 0.3) is 5.91 Å². The van der Waals surface area contributed by atoms with Crippen LogP contribution in [-0.4, -0.2) is 31.1 Å². The Morgan fingerprint density at radius 2 is 1.96 bits per heavy atom. The molecule has 0 aliphatic rings. The highest BCUT2D eigenvalue weighted by atomic mass is 16.5. The van der Waals surface area contributed by atoms with Gasteiger partial charge in [-0.25, -0.2) is 4.79 Å². The van der Waals surface area contributed by atoms with Gasteiger partial charge in [-0.3, -0.25) is 14.9 Å². The molecule has 0 saturated heterocycles. The van der Waals surface area contributed by atoms with Crippen molar-refractivity contribution in [3.05, 3.63) is 35.1 Å². The zero-order valence-corrected chi connectivity index (χ0v) is 15.3. The van der Waals surface area contributed by atoms with Crippen molar-refractivity contribution in [2.24, 2.45) is 0 Å². The van der Waals surface area contributed by atoms with E-state index in [2.05, 4.69) is 10.6 Å². The molecule has 140 valence electrons. The predicted molar refractivity (Wildman–Crippen MR) is 96.8 cm³/mol. The Labute approximate surface area is 152 Å². The van der Waals surface area contributed by atoms with Crippen LogP contribution in [0, 0.1) is 13.8 Å². The summed E-state index contributed by atoms with van der Waals surface area (Å²) in [6, 6.07) is 3.27. The second-order valence-corrected chi connectivity index (χ2v) is 6.14. The van der Waals surface area contributed by atoms with E-state index in [0.29, 0.717) is 12.1 Å². The van der Waals surface area contributed by atoms with Crippen LogP contribution in [0.5, 0.6) is 0 Å². The fourth-order valence-electron chi connectivity index (χ4n) is 2.46. The molecule has 1 aromatic carbocycles. The molecule has 7 nitrogen and oxygen atoms in total. The molecule has 0 bridgehead atoms. The van der Waals surface area contributed by atoms with Gasteiger partial charge >= 0.3 is 12.0 Å². The number of esters is 1. The number of hydrogen-bond acceptors (Lipinski definition) is 5. The van der Waals surface area contributed by atoms with Gasteiger partial charge in [-0.05, 0) is 31.4 Å². The molecule has 26 heavy (non-hydrogen) atoms. The number of unbranched alkanes of at least 4 members (excludes halogenated alkanes) is 1. The first kappa shape index (κ1) is 19.5. The molecule has 0 aliphatic heterocycles. The van der Waals surface area contributed by atoms with E-state index in [1.807, 2.05) is 32.9 Å². The summed E-state index contributed by atoms with van der Waals surface area (Å²) in [5.74, 6) is -1.23. The van der Waals surface area contributed by atoms with E-state index in [4.69, 9.17) is 9.15 Å². The number of carbonyl (C=O) groups is 3. The highest BCUT2D eigenvalue weighted by Gasteiger charge is 2.15. The number of fused-ring (bicyclic) bond motifs is 1. The fraction of sp³-hybridized carbons (Fsp3) is 0.421. The lowest BCUT2D eigenvalue weighted by Gasteiger charge is -2.07. The van der Waals surface area contributed by atoms with Gasteiger partial charge in [0.2, 0.25) is 0 Å². The summed E-state index contributed by atoms with van der Waals surface area (Å²) in [6.07, 6.45) is 3.28. The first-order valence-corrected chi connectivity index (χ1v) is 8.62. The van der Waals surface area contributed by atoms with Gasteiger partial charge in [0.05, 0.1) is 12.7 Å². The predicted octanol–water partition coefficient (Wildman–Crippen LogP) is 2.76. The minimum atomic E-state index is -0.670. The Hall–Kier alpha value is -2.83. The van der Waals surface area contributed by atoms with Crippen molar-refractivity contribution < 1.29 is 23.5 Å². The minimum Gasteiger partial charge on any atom is -0.464 e. The molecule has 0 radical (unpaired) electrons. The first-order valence-electron chi connectivity index (χ1n) is 8.62. The third-order valence-electron chi connectivity index (χ3n) is 4.11. The molecule has 7 heteroatoms. The number of urea groups is 1. The Balaban J connectivity index is 1.83. The summed E-state index contributed by atoms with van der Waals surface area (Å²) in [7, 11) is 0. The average Bonchev–Trinajstić information content (AvgIpc) is 3.00. The van der Waals surface area contributed by atoms with E-state index < -0.39 is 24.5 Å². The largest absolute Gasteiger partial charge is 0.464 e. The molecule has 1 aromatic heterocycles. The van der Waals surface area contributed by atoms with E-state index >= 15 is 0 Å². The van der Waals surface area contributed by atoms with Crippen molar-refractivity contribution in [2.45, 2.75) is 40.0 Å². The Morgan fingerprint density at radius 3 is 2.69 bits per heavy atom. The third kappa shape index (κ3) is 5.08. The number of ether oxygens (including phenoxy) is 1. The fourth-order valence-corrected chi connectivity index (χ4v) is 2.46. The number of furan rings is 1. The summed E-state index contributed by atoms with van der Waals surface area (Å²) >= 11 is 0. The number of nitrogens with one attached hydrogen (secondary N) is 2. The molecular formula is C19H24N2O5. The highest BCUT2D eigenvalue weighted by Crippen LogP contribution is 2.26. The Morgan fingerprint density at radius 1 is 1.19 bits per heavy atom. The summed E-state index contributed by atoms with van der Waals surface area (Å²) in [6.45, 7) is 5.92. The number of aryl methyl sites for hydroxylation is 2. The third-order valence-corrected chi connectivity index (χ3v) is 4.11. The van der Waals surface area contributed by atoms with E-state index in [1.165, 1.54) is 6.26 Å². The zero-order chi connectivity index (χ0) is 19.1. The number of amides is 3. The van der Waals surface area contributed by atoms with Crippen LogP contribution >= 0.6 is 0 Å². The van der Waals surface area contributed by atoms with E-state index in [0.717, 1.165) is 34.9 Å². The van der Waals surface area contributed by atoms with Crippen LogP contribution in [0.25, 0.3) is 11.0 Å². The maximum absolute atomic E-state index is 12.0. The quantitative estimate of drug-likeness (QED) is 0.584. The molecule has 0 atom stereocenters. The molecule has 1 heterocycles. The molecule has 2 aromatic rings. The van der Waals surface area contributed by atoms with Crippen molar-refractivity contribution in [2.75, 3.05) is 13.2 Å². The van der Waals surface area contributed by atoms with Gasteiger partial charge in [-0.15, -0.1) is 0 Å². The molecule has 2 N–H and O–H groups in total. The van der Waals surface area contributed by atoms with Gasteiger partial charge in [-0.1, -0.05) is 25.5 Å². The molecular weight excluding hydrogens is 336 g/mol. The SMILES string of the molecule is CCCCNC(=O)NC(=O)COC(=O)Cc1coc2c(C)c(C)ccc12. The number of benzene rings is 1. The normalized spacial score (nSPS) is 10.6. The lowest BCUT2D eigenvalue weighted by Crippen LogP contribution is -2.41. The van der Waals surface area contributed by atoms with Gasteiger partial charge in [-0.2, -0.15) is 0 Å². The zero-order valence-electron chi connectivity index (χ0n) is 15.3. The molecule has 2 rings (SSSR count). The van der Waals surface area contributed by atoms with E-state index in [1.54, 1.807) is 0 Å². The topological polar surface area (TPSA) is 97.6 Å². The number of carbonyl (C=O) groups excluding carboxylic acids is 3. The van der Waals surface area contributed by atoms with Gasteiger partial charge in [0.15, 0.2) is 6.61 Å². The number of rotatable bonds is 7. The molecule has 0 fully saturated rings. The van der Waals surface area contributed by atoms with Crippen LogP contribution in [0.1, 0.15) is 36.5 Å². The second-order valence-electron chi connectivity index (χ2n) is 6.14. The van der Waals surface area contributed by atoms with Gasteiger partial charge in [0, 0.05) is 17.5 Å². The standard InChI is InChI=1S/C19H24N2O5/c1-4-5-8-20-19(24)21-16(22)11-25-17(23)9-14-10-26-18-13(3)12(2)6-7-15(14)18/h6-7,10H,4-5,8-9,11H2,1-3H3,(H2,20,21,22,24). The maximum Gasteiger partial charge on any atom is 0.321 e. The second kappa shape index (κ2) is 9.03. The summed E-state index contributed by atoms with van der Waals surface area (Å²) < 4.78 is 10.5. The van der Waals surface area contributed by atoms with Crippen LogP contribution in [0.4, 0.5) is 4.79 Å². The lowest BCUT2D eigenvalue weighted by molar-refractivity contribution is -0.147. The van der Waals surface area contributed by atoms with E-state index in [9.17, 15) is 14.4 Å². The molecule has 0 unspecified atom stereocenters. The summed E-state index contributed by atoms with van der Waals surface area (Å²) in [5.41, 5.74) is 3.57. The lowest BCUT2D eigenvalue weighted by atomic mass is 10.0. The summed E-state index contributed by atoms with van der Waals surface area (Å²) in [5, 5.41) is 5.51. The number of hydrogen-bond donors (Lipinski definition) is 2. The molecule has 0 saturated carbocycles. The molecule has 0 spiro atoms. The van der Waals surface area contributed by atoms with Crippen molar-refractivity contribution in [3.8, 4) is 0 Å². The van der Waals surface area contributed by atoms with Crippen LogP contribution in [0.15, 0.2) is 22.8 Å². The monoisotopic (exact) mass is 360 g/mol. The maximum atomic E-state index is 12.0. The van der Waals surface area contributed by atoms with Crippen molar-refractivity contribution >= 4 is 28.9 Å². The number of imide groups is 1. The Bertz CT molecular complexity index is 810. The molecule has 3 amide bonds. The van der Waals surface area contributed by atoms with Crippen LogP contribution < -0.4 is 10.6 Å². The smallest absolute Gasteiger partial charge is 0.321 e. The minimum absolute atomic E-state index is 0.00845. The van der Waals surface area contributed by atoms with Crippen LogP contribution in [0.3, 0.4) is 0 Å². The first-order chi connectivity index (χ1) is 12.4. The van der Waals surface area contributed by atoms with Crippen molar-refractivity contribution in [3.63, 3.8) is 0 Å². The van der Waals surface area contributed by atoms with E-state index in [-0.39, 0.29) is 6.42 Å². The van der Waals surface area contributed by atoms with Crippen LogP contribution in [-0.2, 0) is 20.7 Å². The average molecular weight is 360 g/mol. The summed E-state index contributed by atoms with van der Waals surface area (Å²) in [4.78, 5) is 35.0. The van der Waals surface area contributed by atoms with Crippen molar-refractivity contribution in [1.82, 2.24) is 10.6 Å². The van der Waals surface area contributed by atoms with Gasteiger partial charge < -0.3 is 14.5 Å². The van der Waals surface area contributed by atoms with Crippen molar-refractivity contribution in [1.29, 1.82) is 0 Å². The molecule has 0 aliphatic carbocycles. The Kier molecular flexibility index (Phi) is 6.77.